The molecule has 0 saturated carbocycles. The van der Waals surface area contributed by atoms with Gasteiger partial charge in [-0.25, -0.2) is 4.98 Å². The first-order valence-corrected chi connectivity index (χ1v) is 16.9. The molecule has 0 saturated heterocycles. The Hall–Kier alpha value is -7.05. The predicted molar refractivity (Wildman–Crippen MR) is 205 cm³/mol. The zero-order valence-electron chi connectivity index (χ0n) is 27.1. The quantitative estimate of drug-likeness (QED) is 0.189. The molecule has 0 aliphatic rings. The molecule has 11 aromatic rings. The second-order valence-electron chi connectivity index (χ2n) is 12.8. The second kappa shape index (κ2) is 10.7. The zero-order chi connectivity index (χ0) is 33.5. The maximum Gasteiger partial charge on any atom is 0.238 e. The van der Waals surface area contributed by atoms with E-state index in [1.54, 1.807) is 0 Å². The lowest BCUT2D eigenvalue weighted by atomic mass is 9.98. The molecule has 0 bridgehead atoms. The van der Waals surface area contributed by atoms with Crippen molar-refractivity contribution in [2.75, 3.05) is 0 Å². The minimum absolute atomic E-state index is 0.541. The Labute approximate surface area is 290 Å². The molecular weight excluding hydrogens is 629 g/mol. The SMILES string of the molecule is c1ccc(-c2nc(-c3cccc4oc5ccccc5c34)nc(-n3c4ccccc4c4ccc(-c5cccc6oc7ccccc7c56)cc43)n2)cc1. The summed E-state index contributed by atoms with van der Waals surface area (Å²) in [6, 6.07) is 53.9. The van der Waals surface area contributed by atoms with E-state index in [1.165, 1.54) is 0 Å². The van der Waals surface area contributed by atoms with Gasteiger partial charge in [-0.2, -0.15) is 9.97 Å². The zero-order valence-corrected chi connectivity index (χ0v) is 27.1. The van der Waals surface area contributed by atoms with Crippen molar-refractivity contribution in [2.24, 2.45) is 0 Å². The third-order valence-electron chi connectivity index (χ3n) is 9.89. The van der Waals surface area contributed by atoms with Crippen LogP contribution < -0.4 is 0 Å². The fraction of sp³-hybridized carbons (Fsp3) is 0. The molecule has 0 spiro atoms. The van der Waals surface area contributed by atoms with Crippen LogP contribution in [0.3, 0.4) is 0 Å². The van der Waals surface area contributed by atoms with Crippen molar-refractivity contribution in [3.63, 3.8) is 0 Å². The molecule has 6 nitrogen and oxygen atoms in total. The topological polar surface area (TPSA) is 69.9 Å². The normalized spacial score (nSPS) is 11.9. The van der Waals surface area contributed by atoms with Crippen molar-refractivity contribution >= 4 is 65.7 Å². The summed E-state index contributed by atoms with van der Waals surface area (Å²) in [6.45, 7) is 0. The highest BCUT2D eigenvalue weighted by Gasteiger charge is 2.21. The summed E-state index contributed by atoms with van der Waals surface area (Å²) < 4.78 is 14.7. The van der Waals surface area contributed by atoms with E-state index in [0.29, 0.717) is 17.6 Å². The summed E-state index contributed by atoms with van der Waals surface area (Å²) in [5.41, 5.74) is 9.36. The summed E-state index contributed by atoms with van der Waals surface area (Å²) >= 11 is 0. The van der Waals surface area contributed by atoms with E-state index in [4.69, 9.17) is 23.8 Å². The fourth-order valence-electron chi connectivity index (χ4n) is 7.63. The molecule has 238 valence electrons. The molecule has 0 aliphatic carbocycles. The Bertz CT molecular complexity index is 3150. The van der Waals surface area contributed by atoms with Gasteiger partial charge in [0.25, 0.3) is 0 Å². The van der Waals surface area contributed by atoms with Gasteiger partial charge in [-0.1, -0.05) is 121 Å². The number of furan rings is 2. The van der Waals surface area contributed by atoms with Crippen LogP contribution >= 0.6 is 0 Å². The van der Waals surface area contributed by atoms with Crippen LogP contribution in [0.1, 0.15) is 0 Å². The van der Waals surface area contributed by atoms with Gasteiger partial charge in [-0.3, -0.25) is 4.57 Å². The molecule has 0 unspecified atom stereocenters. The largest absolute Gasteiger partial charge is 0.456 e. The molecular formula is C45H26N4O2. The highest BCUT2D eigenvalue weighted by Crippen LogP contribution is 2.41. The van der Waals surface area contributed by atoms with E-state index in [2.05, 4.69) is 83.4 Å². The van der Waals surface area contributed by atoms with Crippen molar-refractivity contribution < 1.29 is 8.83 Å². The Morgan fingerprint density at radius 2 is 0.941 bits per heavy atom. The van der Waals surface area contributed by atoms with Crippen LogP contribution in [-0.4, -0.2) is 19.5 Å². The van der Waals surface area contributed by atoms with Gasteiger partial charge in [0, 0.05) is 43.4 Å². The average Bonchev–Trinajstić information content (AvgIpc) is 3.87. The molecule has 0 fully saturated rings. The number of aromatic nitrogens is 4. The first kappa shape index (κ1) is 27.9. The molecule has 11 rings (SSSR count). The second-order valence-corrected chi connectivity index (χ2v) is 12.8. The number of nitrogens with zero attached hydrogens (tertiary/aromatic N) is 4. The number of fused-ring (bicyclic) bond motifs is 9. The van der Waals surface area contributed by atoms with Crippen LogP contribution in [0.2, 0.25) is 0 Å². The van der Waals surface area contributed by atoms with Crippen molar-refractivity contribution in [1.29, 1.82) is 0 Å². The van der Waals surface area contributed by atoms with Crippen LogP contribution in [0.15, 0.2) is 167 Å². The van der Waals surface area contributed by atoms with E-state index in [0.717, 1.165) is 87.9 Å². The maximum absolute atomic E-state index is 6.27. The Morgan fingerprint density at radius 1 is 0.373 bits per heavy atom. The van der Waals surface area contributed by atoms with Gasteiger partial charge < -0.3 is 8.83 Å². The standard InChI is InChI=1S/C45H26N4O2/c1-2-12-27(13-3-1)43-46-44(34-18-11-23-40-42(34)33-16-6-9-21-38(33)51-40)48-45(47-43)49-35-19-7-4-14-30(35)31-25-24-28(26-36(31)49)29-17-10-22-39-41(29)32-15-5-8-20-37(32)50-39/h1-26H. The molecule has 51 heavy (non-hydrogen) atoms. The third kappa shape index (κ3) is 4.20. The molecule has 0 radical (unpaired) electrons. The Balaban J connectivity index is 1.21. The van der Waals surface area contributed by atoms with E-state index in [1.807, 2.05) is 78.9 Å². The van der Waals surface area contributed by atoms with Gasteiger partial charge >= 0.3 is 0 Å². The lowest BCUT2D eigenvalue weighted by molar-refractivity contribution is 0.668. The minimum Gasteiger partial charge on any atom is -0.456 e. The van der Waals surface area contributed by atoms with Crippen LogP contribution in [-0.2, 0) is 0 Å². The molecule has 0 atom stereocenters. The first-order chi connectivity index (χ1) is 25.3. The molecule has 0 amide bonds. The number of hydrogen-bond acceptors (Lipinski definition) is 5. The average molecular weight is 655 g/mol. The van der Waals surface area contributed by atoms with Crippen molar-refractivity contribution in [3.8, 4) is 39.9 Å². The van der Waals surface area contributed by atoms with Crippen LogP contribution in [0.4, 0.5) is 0 Å². The number of para-hydroxylation sites is 3. The van der Waals surface area contributed by atoms with E-state index >= 15 is 0 Å². The van der Waals surface area contributed by atoms with E-state index < -0.39 is 0 Å². The van der Waals surface area contributed by atoms with Gasteiger partial charge in [-0.05, 0) is 47.5 Å². The Morgan fingerprint density at radius 3 is 1.69 bits per heavy atom. The van der Waals surface area contributed by atoms with Crippen LogP contribution in [0.25, 0.3) is 106 Å². The summed E-state index contributed by atoms with van der Waals surface area (Å²) in [7, 11) is 0. The highest BCUT2D eigenvalue weighted by molar-refractivity contribution is 6.15. The molecule has 4 heterocycles. The predicted octanol–water partition coefficient (Wildman–Crippen LogP) is 11.8. The van der Waals surface area contributed by atoms with Gasteiger partial charge in [0.05, 0.1) is 11.0 Å². The lowest BCUT2D eigenvalue weighted by Gasteiger charge is -2.12. The summed E-state index contributed by atoms with van der Waals surface area (Å²) in [5.74, 6) is 1.71. The Kier molecular flexibility index (Phi) is 5.86. The number of rotatable bonds is 4. The van der Waals surface area contributed by atoms with Gasteiger partial charge in [0.2, 0.25) is 5.95 Å². The smallest absolute Gasteiger partial charge is 0.238 e. The van der Waals surface area contributed by atoms with Crippen molar-refractivity contribution in [3.05, 3.63) is 158 Å². The molecule has 0 aliphatic heterocycles. The van der Waals surface area contributed by atoms with Gasteiger partial charge in [0.15, 0.2) is 11.6 Å². The molecule has 6 heteroatoms. The monoisotopic (exact) mass is 654 g/mol. The summed E-state index contributed by atoms with van der Waals surface area (Å²) in [6.07, 6.45) is 0. The summed E-state index contributed by atoms with van der Waals surface area (Å²) in [4.78, 5) is 15.6. The van der Waals surface area contributed by atoms with Crippen molar-refractivity contribution in [1.82, 2.24) is 19.5 Å². The van der Waals surface area contributed by atoms with Gasteiger partial charge in [-0.15, -0.1) is 0 Å². The first-order valence-electron chi connectivity index (χ1n) is 16.9. The molecule has 7 aromatic carbocycles. The maximum atomic E-state index is 6.27. The summed E-state index contributed by atoms with van der Waals surface area (Å²) in [5, 5.41) is 6.44. The number of hydrogen-bond donors (Lipinski definition) is 0. The lowest BCUT2D eigenvalue weighted by Crippen LogP contribution is -2.06. The van der Waals surface area contributed by atoms with E-state index in [9.17, 15) is 0 Å². The fourth-order valence-corrected chi connectivity index (χ4v) is 7.63. The number of benzene rings is 7. The van der Waals surface area contributed by atoms with E-state index in [-0.39, 0.29) is 0 Å². The minimum atomic E-state index is 0.541. The van der Waals surface area contributed by atoms with Crippen LogP contribution in [0.5, 0.6) is 0 Å². The molecule has 4 aromatic heterocycles. The van der Waals surface area contributed by atoms with Crippen LogP contribution in [0, 0.1) is 0 Å². The van der Waals surface area contributed by atoms with Crippen molar-refractivity contribution in [2.45, 2.75) is 0 Å². The van der Waals surface area contributed by atoms with Gasteiger partial charge in [0.1, 0.15) is 22.3 Å². The third-order valence-corrected chi connectivity index (χ3v) is 9.89. The highest BCUT2D eigenvalue weighted by atomic mass is 16.3. The molecule has 0 N–H and O–H groups in total.